The number of carbonyl (C=O) groups is 1. The van der Waals surface area contributed by atoms with Gasteiger partial charge in [-0.05, 0) is 37.1 Å². The van der Waals surface area contributed by atoms with Gasteiger partial charge in [0.2, 0.25) is 5.91 Å². The first-order valence-corrected chi connectivity index (χ1v) is 10.7. The maximum atomic E-state index is 12.3. The van der Waals surface area contributed by atoms with Gasteiger partial charge in [-0.1, -0.05) is 30.0 Å². The van der Waals surface area contributed by atoms with Crippen molar-refractivity contribution in [3.05, 3.63) is 48.5 Å². The first-order chi connectivity index (χ1) is 13.3. The van der Waals surface area contributed by atoms with Crippen molar-refractivity contribution in [2.45, 2.75) is 23.3 Å². The van der Waals surface area contributed by atoms with Crippen LogP contribution >= 0.6 is 23.1 Å². The van der Waals surface area contributed by atoms with E-state index in [2.05, 4.69) is 10.3 Å². The Bertz CT molecular complexity index is 889. The summed E-state index contributed by atoms with van der Waals surface area (Å²) in [5.41, 5.74) is 1.70. The van der Waals surface area contributed by atoms with Gasteiger partial charge in [0.1, 0.15) is 12.4 Å². The lowest BCUT2D eigenvalue weighted by Crippen LogP contribution is -2.16. The number of aromatic nitrogens is 1. The molecule has 0 aliphatic carbocycles. The quantitative estimate of drug-likeness (QED) is 0.588. The lowest BCUT2D eigenvalue weighted by molar-refractivity contribution is -0.113. The van der Waals surface area contributed by atoms with Crippen LogP contribution < -0.4 is 10.1 Å². The van der Waals surface area contributed by atoms with Crippen LogP contribution in [-0.2, 0) is 9.53 Å². The van der Waals surface area contributed by atoms with E-state index in [0.717, 1.165) is 45.4 Å². The molecule has 140 valence electrons. The number of benzene rings is 2. The molecule has 0 saturated carbocycles. The number of fused-ring (bicyclic) bond motifs is 1. The molecule has 1 aliphatic heterocycles. The maximum Gasteiger partial charge on any atom is 0.234 e. The Hall–Kier alpha value is -2.09. The molecule has 1 N–H and O–H groups in total. The molecule has 7 heteroatoms. The predicted octanol–water partition coefficient (Wildman–Crippen LogP) is 4.58. The summed E-state index contributed by atoms with van der Waals surface area (Å²) in [5.74, 6) is 0.999. The third-order valence-corrected chi connectivity index (χ3v) is 6.36. The van der Waals surface area contributed by atoms with Crippen LogP contribution in [0, 0.1) is 0 Å². The molecule has 5 nitrogen and oxygen atoms in total. The molecule has 3 aromatic rings. The summed E-state index contributed by atoms with van der Waals surface area (Å²) in [6.07, 6.45) is 2.31. The second-order valence-electron chi connectivity index (χ2n) is 6.26. The molecule has 0 bridgehead atoms. The molecule has 1 fully saturated rings. The van der Waals surface area contributed by atoms with Crippen molar-refractivity contribution in [3.8, 4) is 5.75 Å². The lowest BCUT2D eigenvalue weighted by atomic mass is 10.2. The Morgan fingerprint density at radius 3 is 3.07 bits per heavy atom. The summed E-state index contributed by atoms with van der Waals surface area (Å²) in [4.78, 5) is 16.8. The highest BCUT2D eigenvalue weighted by molar-refractivity contribution is 8.01. The minimum atomic E-state index is -0.0597. The third kappa shape index (κ3) is 5.00. The van der Waals surface area contributed by atoms with E-state index in [1.165, 1.54) is 11.8 Å². The summed E-state index contributed by atoms with van der Waals surface area (Å²) in [6, 6.07) is 15.5. The Labute approximate surface area is 166 Å². The van der Waals surface area contributed by atoms with Gasteiger partial charge < -0.3 is 14.8 Å². The molecule has 0 spiro atoms. The number of hydrogen-bond donors (Lipinski definition) is 1. The van der Waals surface area contributed by atoms with Crippen molar-refractivity contribution in [1.82, 2.24) is 4.98 Å². The molecule has 1 aromatic heterocycles. The minimum absolute atomic E-state index is 0.0597. The number of thiazole rings is 1. The Morgan fingerprint density at radius 2 is 2.22 bits per heavy atom. The summed E-state index contributed by atoms with van der Waals surface area (Å²) < 4.78 is 13.4. The fraction of sp³-hybridized carbons (Fsp3) is 0.300. The fourth-order valence-electron chi connectivity index (χ4n) is 2.87. The summed E-state index contributed by atoms with van der Waals surface area (Å²) in [6.45, 7) is 1.36. The van der Waals surface area contributed by atoms with Crippen molar-refractivity contribution in [1.29, 1.82) is 0 Å². The molecule has 1 amide bonds. The molecule has 1 saturated heterocycles. The first kappa shape index (κ1) is 18.3. The van der Waals surface area contributed by atoms with Crippen molar-refractivity contribution in [2.24, 2.45) is 0 Å². The Kier molecular flexibility index (Phi) is 5.91. The van der Waals surface area contributed by atoms with Gasteiger partial charge in [-0.25, -0.2) is 4.98 Å². The third-order valence-electron chi connectivity index (χ3n) is 4.18. The molecule has 2 aromatic carbocycles. The topological polar surface area (TPSA) is 60.5 Å². The van der Waals surface area contributed by atoms with Crippen LogP contribution in [-0.4, -0.2) is 36.0 Å². The van der Waals surface area contributed by atoms with Gasteiger partial charge in [0.05, 0.1) is 22.1 Å². The zero-order valence-electron chi connectivity index (χ0n) is 14.7. The lowest BCUT2D eigenvalue weighted by Gasteiger charge is -2.12. The van der Waals surface area contributed by atoms with Gasteiger partial charge in [0.15, 0.2) is 4.34 Å². The van der Waals surface area contributed by atoms with Gasteiger partial charge in [-0.3, -0.25) is 4.79 Å². The molecule has 1 atom stereocenters. The SMILES string of the molecule is O=C(CSc1nc2ccccc2s1)Nc1cccc(OCC2CCCO2)c1. The Morgan fingerprint density at radius 1 is 1.30 bits per heavy atom. The second-order valence-corrected chi connectivity index (χ2v) is 8.51. The number of amides is 1. The average molecular weight is 401 g/mol. The highest BCUT2D eigenvalue weighted by Crippen LogP contribution is 2.29. The zero-order valence-corrected chi connectivity index (χ0v) is 16.4. The zero-order chi connectivity index (χ0) is 18.5. The number of para-hydroxylation sites is 1. The summed E-state index contributed by atoms with van der Waals surface area (Å²) in [7, 11) is 0. The van der Waals surface area contributed by atoms with Crippen LogP contribution in [0.25, 0.3) is 10.2 Å². The number of ether oxygens (including phenoxy) is 2. The normalized spacial score (nSPS) is 16.5. The standard InChI is InChI=1S/C20H20N2O3S2/c23-19(13-26-20-22-17-8-1-2-9-18(17)27-20)21-14-5-3-6-15(11-14)25-12-16-7-4-10-24-16/h1-3,5-6,8-9,11,16H,4,7,10,12-13H2,(H,21,23). The number of anilines is 1. The highest BCUT2D eigenvalue weighted by atomic mass is 32.2. The number of rotatable bonds is 7. The van der Waals surface area contributed by atoms with Gasteiger partial charge in [-0.2, -0.15) is 0 Å². The number of carbonyl (C=O) groups excluding carboxylic acids is 1. The van der Waals surface area contributed by atoms with E-state index >= 15 is 0 Å². The maximum absolute atomic E-state index is 12.3. The highest BCUT2D eigenvalue weighted by Gasteiger charge is 2.16. The van der Waals surface area contributed by atoms with Gasteiger partial charge in [-0.15, -0.1) is 11.3 Å². The molecule has 27 heavy (non-hydrogen) atoms. The van der Waals surface area contributed by atoms with E-state index in [1.54, 1.807) is 11.3 Å². The summed E-state index contributed by atoms with van der Waals surface area (Å²) >= 11 is 3.06. The van der Waals surface area contributed by atoms with Crippen molar-refractivity contribution in [3.63, 3.8) is 0 Å². The van der Waals surface area contributed by atoms with Crippen LogP contribution in [0.2, 0.25) is 0 Å². The van der Waals surface area contributed by atoms with Crippen LogP contribution in [0.5, 0.6) is 5.75 Å². The van der Waals surface area contributed by atoms with E-state index in [9.17, 15) is 4.79 Å². The van der Waals surface area contributed by atoms with Crippen LogP contribution in [0.4, 0.5) is 5.69 Å². The van der Waals surface area contributed by atoms with E-state index in [4.69, 9.17) is 9.47 Å². The Balaban J connectivity index is 1.28. The molecule has 1 aliphatic rings. The van der Waals surface area contributed by atoms with Gasteiger partial charge in [0.25, 0.3) is 0 Å². The van der Waals surface area contributed by atoms with Crippen molar-refractivity contribution < 1.29 is 14.3 Å². The van der Waals surface area contributed by atoms with E-state index < -0.39 is 0 Å². The van der Waals surface area contributed by atoms with E-state index in [0.29, 0.717) is 12.4 Å². The molecular weight excluding hydrogens is 380 g/mol. The monoisotopic (exact) mass is 400 g/mol. The van der Waals surface area contributed by atoms with E-state index in [-0.39, 0.29) is 12.0 Å². The van der Waals surface area contributed by atoms with Crippen LogP contribution in [0.3, 0.4) is 0 Å². The van der Waals surface area contributed by atoms with Crippen LogP contribution in [0.15, 0.2) is 52.9 Å². The van der Waals surface area contributed by atoms with Crippen LogP contribution in [0.1, 0.15) is 12.8 Å². The summed E-state index contributed by atoms with van der Waals surface area (Å²) in [5, 5.41) is 2.92. The average Bonchev–Trinajstić information content (AvgIpc) is 3.34. The molecular formula is C20H20N2O3S2. The second kappa shape index (κ2) is 8.73. The molecule has 1 unspecified atom stereocenters. The predicted molar refractivity (Wildman–Crippen MR) is 110 cm³/mol. The number of hydrogen-bond acceptors (Lipinski definition) is 6. The van der Waals surface area contributed by atoms with Gasteiger partial charge >= 0.3 is 0 Å². The van der Waals surface area contributed by atoms with Crippen molar-refractivity contribution in [2.75, 3.05) is 24.3 Å². The minimum Gasteiger partial charge on any atom is -0.491 e. The van der Waals surface area contributed by atoms with Gasteiger partial charge in [0, 0.05) is 18.4 Å². The first-order valence-electron chi connectivity index (χ1n) is 8.89. The number of thioether (sulfide) groups is 1. The fourth-order valence-corrected chi connectivity index (χ4v) is 4.73. The molecule has 0 radical (unpaired) electrons. The molecule has 2 heterocycles. The smallest absolute Gasteiger partial charge is 0.234 e. The molecule has 4 rings (SSSR count). The largest absolute Gasteiger partial charge is 0.491 e. The number of nitrogens with zero attached hydrogens (tertiary/aromatic N) is 1. The number of nitrogens with one attached hydrogen (secondary N) is 1. The van der Waals surface area contributed by atoms with Crippen molar-refractivity contribution >= 4 is 44.9 Å². The van der Waals surface area contributed by atoms with E-state index in [1.807, 2.05) is 48.5 Å².